The fourth-order valence-corrected chi connectivity index (χ4v) is 2.52. The maximum absolute atomic E-state index is 12.2. The van der Waals surface area contributed by atoms with Crippen LogP contribution >= 0.6 is 0 Å². The third-order valence-electron chi connectivity index (χ3n) is 3.99. The molecule has 1 aliphatic rings. The quantitative estimate of drug-likeness (QED) is 0.554. The average molecular weight is 233 g/mol. The van der Waals surface area contributed by atoms with Crippen molar-refractivity contribution in [2.45, 2.75) is 39.5 Å². The number of nitrogens with zero attached hydrogens (tertiary/aromatic N) is 1. The zero-order valence-electron chi connectivity index (χ0n) is 10.5. The van der Waals surface area contributed by atoms with Crippen LogP contribution in [0.25, 0.3) is 0 Å². The van der Waals surface area contributed by atoms with Crippen LogP contribution in [0.4, 0.5) is 0 Å². The number of allylic oxidation sites excluding steroid dienone is 1. The van der Waals surface area contributed by atoms with E-state index in [4.69, 9.17) is 0 Å². The number of hydrogen-bond acceptors (Lipinski definition) is 3. The summed E-state index contributed by atoms with van der Waals surface area (Å²) in [7, 11) is 0. The highest BCUT2D eigenvalue weighted by Crippen LogP contribution is 2.45. The van der Waals surface area contributed by atoms with Gasteiger partial charge in [0.25, 0.3) is 0 Å². The Bertz CT molecular complexity index is 380. The van der Waals surface area contributed by atoms with Gasteiger partial charge in [0, 0.05) is 18.3 Å². The first-order chi connectivity index (χ1) is 7.95. The standard InChI is InChI=1S/C14H19NO2/c1-10(2)11-7-12(9-15)14(3,5-4-6-16)13(17)8-11/h6,11-12H,1,4-5,7-8H2,2-3H3/t11-,12+,14+/m0/s1. The number of hydrogen-bond donors (Lipinski definition) is 0. The molecular formula is C14H19NO2. The van der Waals surface area contributed by atoms with Gasteiger partial charge in [-0.05, 0) is 25.7 Å². The Morgan fingerprint density at radius 1 is 1.71 bits per heavy atom. The lowest BCUT2D eigenvalue weighted by molar-refractivity contribution is -0.134. The Kier molecular flexibility index (Phi) is 4.22. The van der Waals surface area contributed by atoms with Crippen molar-refractivity contribution in [1.82, 2.24) is 0 Å². The van der Waals surface area contributed by atoms with E-state index in [1.54, 1.807) is 0 Å². The SMILES string of the molecule is C=C(C)[C@@H]1CC(=O)[C@](C)(CCC=O)[C@@H](C#N)C1. The van der Waals surface area contributed by atoms with Crippen LogP contribution in [0.5, 0.6) is 0 Å². The Morgan fingerprint density at radius 3 is 2.82 bits per heavy atom. The summed E-state index contributed by atoms with van der Waals surface area (Å²) in [5, 5.41) is 9.22. The number of nitriles is 1. The first-order valence-electron chi connectivity index (χ1n) is 5.97. The van der Waals surface area contributed by atoms with Gasteiger partial charge in [-0.3, -0.25) is 4.79 Å². The largest absolute Gasteiger partial charge is 0.303 e. The molecule has 3 heteroatoms. The maximum Gasteiger partial charge on any atom is 0.140 e. The van der Waals surface area contributed by atoms with E-state index in [0.717, 1.165) is 11.9 Å². The molecule has 3 nitrogen and oxygen atoms in total. The summed E-state index contributed by atoms with van der Waals surface area (Å²) in [6, 6.07) is 2.24. The molecule has 0 aromatic carbocycles. The van der Waals surface area contributed by atoms with Crippen LogP contribution in [0.3, 0.4) is 0 Å². The Balaban J connectivity index is 2.92. The number of carbonyl (C=O) groups excluding carboxylic acids is 2. The first-order valence-corrected chi connectivity index (χ1v) is 5.97. The molecule has 1 aliphatic carbocycles. The zero-order chi connectivity index (χ0) is 13.1. The van der Waals surface area contributed by atoms with Crippen LogP contribution in [0, 0.1) is 28.6 Å². The summed E-state index contributed by atoms with van der Waals surface area (Å²) < 4.78 is 0. The van der Waals surface area contributed by atoms with Gasteiger partial charge in [-0.15, -0.1) is 0 Å². The lowest BCUT2D eigenvalue weighted by Gasteiger charge is -2.39. The molecule has 0 heterocycles. The van der Waals surface area contributed by atoms with E-state index in [0.29, 0.717) is 25.7 Å². The normalized spacial score (nSPS) is 32.9. The van der Waals surface area contributed by atoms with E-state index in [1.165, 1.54) is 0 Å². The van der Waals surface area contributed by atoms with Gasteiger partial charge < -0.3 is 4.79 Å². The van der Waals surface area contributed by atoms with E-state index >= 15 is 0 Å². The molecule has 0 bridgehead atoms. The van der Waals surface area contributed by atoms with Crippen LogP contribution in [0.2, 0.25) is 0 Å². The van der Waals surface area contributed by atoms with Crippen LogP contribution in [0.15, 0.2) is 12.2 Å². The second-order valence-electron chi connectivity index (χ2n) is 5.21. The average Bonchev–Trinajstić information content (AvgIpc) is 2.29. The van der Waals surface area contributed by atoms with E-state index < -0.39 is 5.41 Å². The van der Waals surface area contributed by atoms with Crippen molar-refractivity contribution >= 4 is 12.1 Å². The molecule has 1 saturated carbocycles. The van der Waals surface area contributed by atoms with Crippen molar-refractivity contribution < 1.29 is 9.59 Å². The van der Waals surface area contributed by atoms with Crippen LogP contribution in [-0.4, -0.2) is 12.1 Å². The second kappa shape index (κ2) is 5.27. The third kappa shape index (κ3) is 2.63. The lowest BCUT2D eigenvalue weighted by Crippen LogP contribution is -2.42. The highest BCUT2D eigenvalue weighted by atomic mass is 16.1. The van der Waals surface area contributed by atoms with Gasteiger partial charge in [-0.1, -0.05) is 19.1 Å². The minimum absolute atomic E-state index is 0.102. The predicted molar refractivity (Wildman–Crippen MR) is 65.1 cm³/mol. The predicted octanol–water partition coefficient (Wildman–Crippen LogP) is 2.67. The monoisotopic (exact) mass is 233 g/mol. The van der Waals surface area contributed by atoms with Crippen LogP contribution in [-0.2, 0) is 9.59 Å². The van der Waals surface area contributed by atoms with Crippen LogP contribution < -0.4 is 0 Å². The van der Waals surface area contributed by atoms with E-state index in [-0.39, 0.29) is 17.6 Å². The Morgan fingerprint density at radius 2 is 2.35 bits per heavy atom. The third-order valence-corrected chi connectivity index (χ3v) is 3.99. The molecule has 0 aromatic heterocycles. The van der Waals surface area contributed by atoms with Crippen LogP contribution in [0.1, 0.15) is 39.5 Å². The smallest absolute Gasteiger partial charge is 0.140 e. The highest BCUT2D eigenvalue weighted by molar-refractivity contribution is 5.86. The molecule has 0 aliphatic heterocycles. The fourth-order valence-electron chi connectivity index (χ4n) is 2.52. The first kappa shape index (κ1) is 13.6. The molecule has 1 rings (SSSR count). The number of rotatable bonds is 4. The van der Waals surface area contributed by atoms with Gasteiger partial charge >= 0.3 is 0 Å². The van der Waals surface area contributed by atoms with Crippen molar-refractivity contribution in [1.29, 1.82) is 5.26 Å². The molecular weight excluding hydrogens is 214 g/mol. The van der Waals surface area contributed by atoms with Gasteiger partial charge in [0.1, 0.15) is 12.1 Å². The second-order valence-corrected chi connectivity index (χ2v) is 5.21. The Labute approximate surface area is 103 Å². The van der Waals surface area contributed by atoms with Crippen molar-refractivity contribution in [2.75, 3.05) is 0 Å². The summed E-state index contributed by atoms with van der Waals surface area (Å²) in [6.07, 6.45) is 2.79. The topological polar surface area (TPSA) is 57.9 Å². The lowest BCUT2D eigenvalue weighted by atomic mass is 9.61. The molecule has 0 spiro atoms. The fraction of sp³-hybridized carbons (Fsp3) is 0.643. The zero-order valence-corrected chi connectivity index (χ0v) is 10.5. The summed E-state index contributed by atoms with van der Waals surface area (Å²) in [6.45, 7) is 7.60. The van der Waals surface area contributed by atoms with E-state index in [2.05, 4.69) is 12.6 Å². The van der Waals surface area contributed by atoms with Crippen molar-refractivity contribution in [2.24, 2.45) is 17.3 Å². The van der Waals surface area contributed by atoms with Crippen molar-refractivity contribution in [3.05, 3.63) is 12.2 Å². The summed E-state index contributed by atoms with van der Waals surface area (Å²) in [5.74, 6) is -0.0768. The number of ketones is 1. The molecule has 0 unspecified atom stereocenters. The van der Waals surface area contributed by atoms with Gasteiger partial charge in [0.15, 0.2) is 0 Å². The van der Waals surface area contributed by atoms with Gasteiger partial charge in [-0.2, -0.15) is 5.26 Å². The summed E-state index contributed by atoms with van der Waals surface area (Å²) in [4.78, 5) is 22.7. The van der Waals surface area contributed by atoms with Crippen molar-refractivity contribution in [3.8, 4) is 6.07 Å². The molecule has 0 N–H and O–H groups in total. The number of carbonyl (C=O) groups is 2. The molecule has 0 radical (unpaired) electrons. The van der Waals surface area contributed by atoms with Gasteiger partial charge in [0.2, 0.25) is 0 Å². The molecule has 92 valence electrons. The Hall–Kier alpha value is -1.43. The molecule has 0 amide bonds. The summed E-state index contributed by atoms with van der Waals surface area (Å²) in [5.41, 5.74) is 0.317. The molecule has 3 atom stereocenters. The van der Waals surface area contributed by atoms with Gasteiger partial charge in [0.05, 0.1) is 12.0 Å². The molecule has 0 saturated heterocycles. The van der Waals surface area contributed by atoms with E-state index in [9.17, 15) is 14.9 Å². The summed E-state index contributed by atoms with van der Waals surface area (Å²) >= 11 is 0. The highest BCUT2D eigenvalue weighted by Gasteiger charge is 2.46. The minimum atomic E-state index is -0.651. The van der Waals surface area contributed by atoms with E-state index in [1.807, 2.05) is 13.8 Å². The molecule has 0 aromatic rings. The number of aldehydes is 1. The maximum atomic E-state index is 12.2. The molecule has 1 fully saturated rings. The molecule has 17 heavy (non-hydrogen) atoms. The van der Waals surface area contributed by atoms with Crippen molar-refractivity contribution in [3.63, 3.8) is 0 Å². The van der Waals surface area contributed by atoms with Gasteiger partial charge in [-0.25, -0.2) is 0 Å². The number of Topliss-reactive ketones (excluding diaryl/α,β-unsaturated/α-hetero) is 1. The minimum Gasteiger partial charge on any atom is -0.303 e.